The summed E-state index contributed by atoms with van der Waals surface area (Å²) < 4.78 is 6.58. The number of cyclic esters (lactones) is 1. The van der Waals surface area contributed by atoms with Gasteiger partial charge in [-0.1, -0.05) is 0 Å². The van der Waals surface area contributed by atoms with Crippen molar-refractivity contribution in [1.82, 2.24) is 40.2 Å². The molecule has 0 unspecified atom stereocenters. The van der Waals surface area contributed by atoms with E-state index in [1.54, 1.807) is 11.8 Å². The lowest BCUT2D eigenvalue weighted by Crippen LogP contribution is -2.51. The van der Waals surface area contributed by atoms with Crippen molar-refractivity contribution in [3.63, 3.8) is 0 Å². The number of piperidine rings is 1. The van der Waals surface area contributed by atoms with Gasteiger partial charge in [0.1, 0.15) is 19.0 Å². The predicted molar refractivity (Wildman–Crippen MR) is 120 cm³/mol. The minimum atomic E-state index is -0.786. The Hall–Kier alpha value is -3.25. The van der Waals surface area contributed by atoms with Gasteiger partial charge in [0.15, 0.2) is 5.82 Å². The number of aryl methyl sites for hydroxylation is 1. The zero-order valence-corrected chi connectivity index (χ0v) is 19.8. The van der Waals surface area contributed by atoms with Crippen molar-refractivity contribution < 1.29 is 19.4 Å². The maximum absolute atomic E-state index is 13.6. The van der Waals surface area contributed by atoms with E-state index in [-0.39, 0.29) is 30.6 Å². The molecule has 2 aromatic rings. The van der Waals surface area contributed by atoms with Crippen molar-refractivity contribution >= 4 is 11.9 Å². The van der Waals surface area contributed by atoms with Crippen molar-refractivity contribution in [1.29, 1.82) is 0 Å². The Balaban J connectivity index is 1.16. The Bertz CT molecular complexity index is 1200. The number of likely N-dealkylation sites (tertiary alicyclic amines) is 1. The lowest BCUT2D eigenvalue weighted by atomic mass is 9.73. The Morgan fingerprint density at radius 1 is 1.20 bits per heavy atom. The smallest absolute Gasteiger partial charge is 0.336 e. The van der Waals surface area contributed by atoms with Crippen molar-refractivity contribution in [3.05, 3.63) is 34.9 Å². The minimum Gasteiger partial charge on any atom is -0.456 e. The number of aliphatic hydroxyl groups excluding tert-OH is 1. The number of ether oxygens (including phenoxy) is 1. The number of esters is 1. The van der Waals surface area contributed by atoms with Crippen LogP contribution in [0.5, 0.6) is 0 Å². The van der Waals surface area contributed by atoms with Crippen molar-refractivity contribution in [3.8, 4) is 5.82 Å². The Morgan fingerprint density at radius 3 is 2.60 bits per heavy atom. The number of tetrazole rings is 1. The summed E-state index contributed by atoms with van der Waals surface area (Å²) in [5.41, 5.74) is 2.20. The summed E-state index contributed by atoms with van der Waals surface area (Å²) in [7, 11) is 0. The second-order valence-electron chi connectivity index (χ2n) is 10.2. The van der Waals surface area contributed by atoms with Crippen LogP contribution in [-0.4, -0.2) is 89.0 Å². The average molecular weight is 481 g/mol. The molecule has 2 aromatic heterocycles. The molecule has 6 heterocycles. The highest BCUT2D eigenvalue weighted by Gasteiger charge is 2.56. The number of carbonyl (C=O) groups excluding carboxylic acids is 2. The van der Waals surface area contributed by atoms with E-state index in [2.05, 4.69) is 30.6 Å². The molecule has 3 fully saturated rings. The third kappa shape index (κ3) is 3.54. The first-order valence-corrected chi connectivity index (χ1v) is 12.1. The molecule has 4 aliphatic heterocycles. The van der Waals surface area contributed by atoms with Gasteiger partial charge in [0.05, 0.1) is 22.4 Å². The fraction of sp³-hybridized carbons (Fsp3) is 0.609. The highest BCUT2D eigenvalue weighted by atomic mass is 16.5. The predicted octanol–water partition coefficient (Wildman–Crippen LogP) is 0.470. The molecular formula is C23H28N8O4. The standard InChI is InChI=1S/C23H28N8O4/c1-13-7-17(25-26-20(13)31-12-24-27-28-31)19(32)10-30-15-3-4-16(30)9-23(8-15)5-6-29(22(23)34)18-11-35-21(33)14(18)2/h7,12,15-16,19,32H,3-6,8-11H2,1-2H3/t15-,16-,19+/m1/s1. The fourth-order valence-corrected chi connectivity index (χ4v) is 6.38. The van der Waals surface area contributed by atoms with Gasteiger partial charge in [-0.15, -0.1) is 10.2 Å². The normalized spacial score (nSPS) is 29.5. The summed E-state index contributed by atoms with van der Waals surface area (Å²) in [6, 6.07) is 2.29. The van der Waals surface area contributed by atoms with E-state index >= 15 is 0 Å². The highest BCUT2D eigenvalue weighted by Crippen LogP contribution is 2.52. The van der Waals surface area contributed by atoms with Gasteiger partial charge in [0.25, 0.3) is 0 Å². The molecular weight excluding hydrogens is 452 g/mol. The number of aliphatic hydroxyl groups is 1. The second-order valence-corrected chi connectivity index (χ2v) is 10.2. The van der Waals surface area contributed by atoms with E-state index in [4.69, 9.17) is 4.74 Å². The minimum absolute atomic E-state index is 0.127. The van der Waals surface area contributed by atoms with E-state index in [1.807, 2.05) is 13.0 Å². The molecule has 0 aromatic carbocycles. The molecule has 35 heavy (non-hydrogen) atoms. The number of amides is 1. The van der Waals surface area contributed by atoms with Crippen LogP contribution < -0.4 is 0 Å². The Labute approximate surface area is 201 Å². The molecule has 1 spiro atoms. The van der Waals surface area contributed by atoms with E-state index in [0.717, 1.165) is 43.4 Å². The van der Waals surface area contributed by atoms with E-state index in [9.17, 15) is 14.7 Å². The molecule has 1 amide bonds. The number of nitrogens with zero attached hydrogens (tertiary/aromatic N) is 8. The SMILES string of the molecule is CC1=C(N2CCC3(C[C@H]4CC[C@H](C3)N4C[C@H](O)c3cc(C)c(-n4cnnn4)nn3)C2=O)COC1=O. The van der Waals surface area contributed by atoms with Gasteiger partial charge in [0.2, 0.25) is 5.91 Å². The number of aromatic nitrogens is 6. The molecule has 2 bridgehead atoms. The first-order valence-electron chi connectivity index (χ1n) is 12.1. The quantitative estimate of drug-likeness (QED) is 0.601. The van der Waals surface area contributed by atoms with Crippen LogP contribution in [-0.2, 0) is 14.3 Å². The van der Waals surface area contributed by atoms with Crippen molar-refractivity contribution in [2.24, 2.45) is 5.41 Å². The van der Waals surface area contributed by atoms with Crippen molar-refractivity contribution in [2.75, 3.05) is 19.7 Å². The summed E-state index contributed by atoms with van der Waals surface area (Å²) in [6.07, 6.45) is 5.04. The van der Waals surface area contributed by atoms with Gasteiger partial charge in [-0.3, -0.25) is 9.69 Å². The molecule has 6 rings (SSSR count). The Morgan fingerprint density at radius 2 is 1.97 bits per heavy atom. The summed E-state index contributed by atoms with van der Waals surface area (Å²) in [6.45, 7) is 4.88. The van der Waals surface area contributed by atoms with Gasteiger partial charge in [-0.25, -0.2) is 4.79 Å². The van der Waals surface area contributed by atoms with Gasteiger partial charge in [-0.2, -0.15) is 9.78 Å². The van der Waals surface area contributed by atoms with Crippen LogP contribution in [0, 0.1) is 12.3 Å². The second kappa shape index (κ2) is 8.16. The number of carbonyl (C=O) groups is 2. The zero-order valence-electron chi connectivity index (χ0n) is 19.8. The molecule has 12 heteroatoms. The first kappa shape index (κ1) is 22.2. The van der Waals surface area contributed by atoms with Crippen LogP contribution >= 0.6 is 0 Å². The molecule has 184 valence electrons. The fourth-order valence-electron chi connectivity index (χ4n) is 6.38. The number of hydrogen-bond acceptors (Lipinski definition) is 10. The average Bonchev–Trinajstić information content (AvgIpc) is 3.60. The van der Waals surface area contributed by atoms with Crippen molar-refractivity contribution in [2.45, 2.75) is 64.1 Å². The topological polar surface area (TPSA) is 139 Å². The van der Waals surface area contributed by atoms with Crippen LogP contribution in [0.4, 0.5) is 0 Å². The van der Waals surface area contributed by atoms with E-state index < -0.39 is 11.5 Å². The van der Waals surface area contributed by atoms with E-state index in [0.29, 0.717) is 30.2 Å². The van der Waals surface area contributed by atoms with Gasteiger partial charge in [0, 0.05) is 25.2 Å². The summed E-state index contributed by atoms with van der Waals surface area (Å²) >= 11 is 0. The monoisotopic (exact) mass is 480 g/mol. The molecule has 0 aliphatic carbocycles. The number of fused-ring (bicyclic) bond motifs is 2. The van der Waals surface area contributed by atoms with Gasteiger partial charge < -0.3 is 14.7 Å². The highest BCUT2D eigenvalue weighted by molar-refractivity contribution is 5.94. The van der Waals surface area contributed by atoms with Gasteiger partial charge in [-0.05, 0) is 68.0 Å². The summed E-state index contributed by atoms with van der Waals surface area (Å²) in [5.74, 6) is 0.318. The van der Waals surface area contributed by atoms with Crippen LogP contribution in [0.15, 0.2) is 23.7 Å². The number of rotatable bonds is 5. The lowest BCUT2D eigenvalue weighted by molar-refractivity contribution is -0.140. The molecule has 0 radical (unpaired) electrons. The molecule has 3 saturated heterocycles. The van der Waals surface area contributed by atoms with Gasteiger partial charge >= 0.3 is 5.97 Å². The third-order valence-corrected chi connectivity index (χ3v) is 8.21. The molecule has 4 aliphatic rings. The van der Waals surface area contributed by atoms with Crippen LogP contribution in [0.3, 0.4) is 0 Å². The maximum atomic E-state index is 13.6. The van der Waals surface area contributed by atoms with E-state index in [1.165, 1.54) is 11.0 Å². The first-order chi connectivity index (χ1) is 16.9. The van der Waals surface area contributed by atoms with Crippen LogP contribution in [0.25, 0.3) is 5.82 Å². The molecule has 3 atom stereocenters. The largest absolute Gasteiger partial charge is 0.456 e. The summed E-state index contributed by atoms with van der Waals surface area (Å²) in [5, 5.41) is 30.6. The molecule has 0 saturated carbocycles. The van der Waals surface area contributed by atoms with Crippen LogP contribution in [0.2, 0.25) is 0 Å². The number of hydrogen-bond donors (Lipinski definition) is 1. The lowest BCUT2D eigenvalue weighted by Gasteiger charge is -2.44. The molecule has 12 nitrogen and oxygen atoms in total. The zero-order chi connectivity index (χ0) is 24.3. The Kier molecular flexibility index (Phi) is 5.18. The molecule has 1 N–H and O–H groups in total. The third-order valence-electron chi connectivity index (χ3n) is 8.21. The van der Waals surface area contributed by atoms with Crippen LogP contribution in [0.1, 0.15) is 56.4 Å². The summed E-state index contributed by atoms with van der Waals surface area (Å²) in [4.78, 5) is 29.5. The maximum Gasteiger partial charge on any atom is 0.336 e.